The number of aromatic nitrogens is 5. The largest absolute Gasteiger partial charge is 0.336 e. The van der Waals surface area contributed by atoms with Crippen molar-refractivity contribution in [3.05, 3.63) is 65.5 Å². The minimum Gasteiger partial charge on any atom is -0.336 e. The SMILES string of the molecule is Cc1c(CC(C)N)cncc1-c1ccc2[nH]nc(-c3nc4c(F)cc(F)cc4[nH]3)c2c1. The van der Waals surface area contributed by atoms with Crippen LogP contribution in [0.1, 0.15) is 18.1 Å². The fourth-order valence-electron chi connectivity index (χ4n) is 3.93. The minimum absolute atomic E-state index is 0.0389. The molecule has 4 N–H and O–H groups in total. The van der Waals surface area contributed by atoms with Crippen molar-refractivity contribution >= 4 is 21.9 Å². The van der Waals surface area contributed by atoms with Gasteiger partial charge in [-0.2, -0.15) is 5.10 Å². The number of benzene rings is 2. The monoisotopic (exact) mass is 418 g/mol. The van der Waals surface area contributed by atoms with Gasteiger partial charge in [0.1, 0.15) is 17.0 Å². The first-order valence-electron chi connectivity index (χ1n) is 9.93. The van der Waals surface area contributed by atoms with Crippen molar-refractivity contribution in [1.82, 2.24) is 25.1 Å². The van der Waals surface area contributed by atoms with E-state index in [4.69, 9.17) is 5.73 Å². The molecule has 5 aromatic rings. The fraction of sp³-hybridized carbons (Fsp3) is 0.174. The van der Waals surface area contributed by atoms with Gasteiger partial charge in [0.05, 0.1) is 11.0 Å². The fourth-order valence-corrected chi connectivity index (χ4v) is 3.93. The smallest absolute Gasteiger partial charge is 0.159 e. The van der Waals surface area contributed by atoms with Crippen molar-refractivity contribution in [2.45, 2.75) is 26.3 Å². The van der Waals surface area contributed by atoms with Gasteiger partial charge in [-0.05, 0) is 55.2 Å². The van der Waals surface area contributed by atoms with Gasteiger partial charge in [0.15, 0.2) is 11.6 Å². The summed E-state index contributed by atoms with van der Waals surface area (Å²) in [6.45, 7) is 4.03. The molecule has 1 atom stereocenters. The quantitative estimate of drug-likeness (QED) is 0.396. The molecule has 0 saturated carbocycles. The number of nitrogens with one attached hydrogen (secondary N) is 2. The molecule has 0 radical (unpaired) electrons. The van der Waals surface area contributed by atoms with Crippen LogP contribution in [0.5, 0.6) is 0 Å². The number of halogens is 2. The molecule has 0 bridgehead atoms. The Balaban J connectivity index is 1.64. The zero-order chi connectivity index (χ0) is 21.7. The van der Waals surface area contributed by atoms with Crippen LogP contribution in [0.25, 0.3) is 44.6 Å². The molecule has 31 heavy (non-hydrogen) atoms. The molecule has 0 aliphatic rings. The molecular weight excluding hydrogens is 398 g/mol. The van der Waals surface area contributed by atoms with Crippen LogP contribution in [-0.4, -0.2) is 31.2 Å². The molecule has 3 heterocycles. The van der Waals surface area contributed by atoms with Gasteiger partial charge in [0, 0.05) is 35.5 Å². The summed E-state index contributed by atoms with van der Waals surface area (Å²) >= 11 is 0. The standard InChI is InChI=1S/C23H20F2N6/c1-11(26)5-14-9-27-10-17(12(14)2)13-3-4-19-16(6-13)21(31-30-19)23-28-20-8-15(24)7-18(25)22(20)29-23/h3-4,6-11H,5,26H2,1-2H3,(H,28,29)(H,30,31). The molecule has 0 aliphatic carbocycles. The maximum Gasteiger partial charge on any atom is 0.159 e. The summed E-state index contributed by atoms with van der Waals surface area (Å²) in [5.74, 6) is -1.02. The summed E-state index contributed by atoms with van der Waals surface area (Å²) in [4.78, 5) is 11.7. The highest BCUT2D eigenvalue weighted by Crippen LogP contribution is 2.32. The molecule has 0 saturated heterocycles. The van der Waals surface area contributed by atoms with Gasteiger partial charge in [0.25, 0.3) is 0 Å². The van der Waals surface area contributed by atoms with Crippen LogP contribution < -0.4 is 5.73 Å². The third kappa shape index (κ3) is 3.34. The summed E-state index contributed by atoms with van der Waals surface area (Å²) in [7, 11) is 0. The Labute approximate surface area is 176 Å². The van der Waals surface area contributed by atoms with Gasteiger partial charge in [-0.25, -0.2) is 13.8 Å². The lowest BCUT2D eigenvalue weighted by Gasteiger charge is -2.12. The van der Waals surface area contributed by atoms with Crippen LogP contribution in [0.2, 0.25) is 0 Å². The Bertz CT molecular complexity index is 1430. The number of hydrogen-bond acceptors (Lipinski definition) is 4. The van der Waals surface area contributed by atoms with E-state index in [2.05, 4.69) is 32.1 Å². The third-order valence-corrected chi connectivity index (χ3v) is 5.46. The lowest BCUT2D eigenvalue weighted by molar-refractivity contribution is 0.590. The van der Waals surface area contributed by atoms with E-state index >= 15 is 0 Å². The molecule has 6 nitrogen and oxygen atoms in total. The first-order valence-corrected chi connectivity index (χ1v) is 9.93. The molecule has 8 heteroatoms. The summed E-state index contributed by atoms with van der Waals surface area (Å²) in [6, 6.07) is 8.00. The number of hydrogen-bond donors (Lipinski definition) is 3. The van der Waals surface area contributed by atoms with Crippen molar-refractivity contribution in [2.24, 2.45) is 5.73 Å². The highest BCUT2D eigenvalue weighted by atomic mass is 19.1. The van der Waals surface area contributed by atoms with Crippen LogP contribution in [0.3, 0.4) is 0 Å². The number of pyridine rings is 1. The van der Waals surface area contributed by atoms with Crippen molar-refractivity contribution in [1.29, 1.82) is 0 Å². The number of nitrogens with zero attached hydrogens (tertiary/aromatic N) is 3. The molecule has 0 amide bonds. The first-order chi connectivity index (χ1) is 14.9. The molecule has 0 spiro atoms. The molecule has 5 rings (SSSR count). The van der Waals surface area contributed by atoms with Gasteiger partial charge >= 0.3 is 0 Å². The van der Waals surface area contributed by atoms with Crippen molar-refractivity contribution in [3.8, 4) is 22.6 Å². The van der Waals surface area contributed by atoms with Crippen molar-refractivity contribution < 1.29 is 8.78 Å². The van der Waals surface area contributed by atoms with E-state index in [1.54, 1.807) is 0 Å². The van der Waals surface area contributed by atoms with Gasteiger partial charge in [-0.15, -0.1) is 0 Å². The zero-order valence-corrected chi connectivity index (χ0v) is 17.0. The van der Waals surface area contributed by atoms with Crippen LogP contribution in [0.4, 0.5) is 8.78 Å². The van der Waals surface area contributed by atoms with E-state index < -0.39 is 11.6 Å². The summed E-state index contributed by atoms with van der Waals surface area (Å²) in [5.41, 5.74) is 11.9. The van der Waals surface area contributed by atoms with E-state index in [0.29, 0.717) is 11.5 Å². The summed E-state index contributed by atoms with van der Waals surface area (Å²) in [5, 5.41) is 8.15. The second-order valence-corrected chi connectivity index (χ2v) is 7.85. The normalized spacial score (nSPS) is 12.7. The Hall–Kier alpha value is -3.65. The average Bonchev–Trinajstić information content (AvgIpc) is 3.32. The number of rotatable bonds is 4. The number of aromatic amines is 2. The molecular formula is C23H20F2N6. The van der Waals surface area contributed by atoms with Gasteiger partial charge in [-0.3, -0.25) is 10.1 Å². The Morgan fingerprint density at radius 2 is 1.94 bits per heavy atom. The summed E-state index contributed by atoms with van der Waals surface area (Å²) in [6.07, 6.45) is 4.43. The van der Waals surface area contributed by atoms with Crippen LogP contribution in [0.15, 0.2) is 42.7 Å². The van der Waals surface area contributed by atoms with Gasteiger partial charge in [-0.1, -0.05) is 6.07 Å². The summed E-state index contributed by atoms with van der Waals surface area (Å²) < 4.78 is 27.7. The first kappa shape index (κ1) is 19.3. The Morgan fingerprint density at radius 1 is 1.10 bits per heavy atom. The topological polar surface area (TPSA) is 96.3 Å². The Morgan fingerprint density at radius 3 is 2.74 bits per heavy atom. The molecule has 1 unspecified atom stereocenters. The average molecular weight is 418 g/mol. The number of fused-ring (bicyclic) bond motifs is 2. The van der Waals surface area contributed by atoms with Crippen molar-refractivity contribution in [3.63, 3.8) is 0 Å². The van der Waals surface area contributed by atoms with Crippen LogP contribution in [-0.2, 0) is 6.42 Å². The van der Waals surface area contributed by atoms with Gasteiger partial charge in [0.2, 0.25) is 0 Å². The zero-order valence-electron chi connectivity index (χ0n) is 17.0. The molecule has 0 fully saturated rings. The van der Waals surface area contributed by atoms with Crippen LogP contribution in [0, 0.1) is 18.6 Å². The van der Waals surface area contributed by atoms with Crippen molar-refractivity contribution in [2.75, 3.05) is 0 Å². The number of imidazole rings is 1. The maximum atomic E-state index is 14.1. The highest BCUT2D eigenvalue weighted by Gasteiger charge is 2.17. The number of nitrogens with two attached hydrogens (primary N) is 1. The highest BCUT2D eigenvalue weighted by molar-refractivity contribution is 5.96. The molecule has 2 aromatic carbocycles. The maximum absolute atomic E-state index is 14.1. The lowest BCUT2D eigenvalue weighted by atomic mass is 9.95. The van der Waals surface area contributed by atoms with E-state index in [1.165, 1.54) is 6.07 Å². The number of H-pyrrole nitrogens is 2. The lowest BCUT2D eigenvalue weighted by Crippen LogP contribution is -2.18. The second-order valence-electron chi connectivity index (χ2n) is 7.85. The predicted octanol–water partition coefficient (Wildman–Crippen LogP) is 4.64. The Kier molecular flexibility index (Phi) is 4.51. The van der Waals surface area contributed by atoms with E-state index in [0.717, 1.165) is 45.6 Å². The molecule has 0 aliphatic heterocycles. The minimum atomic E-state index is -0.717. The van der Waals surface area contributed by atoms with Gasteiger partial charge < -0.3 is 10.7 Å². The van der Waals surface area contributed by atoms with E-state index in [9.17, 15) is 8.78 Å². The predicted molar refractivity (Wildman–Crippen MR) is 116 cm³/mol. The molecule has 156 valence electrons. The van der Waals surface area contributed by atoms with E-state index in [1.807, 2.05) is 37.5 Å². The molecule has 3 aromatic heterocycles. The second kappa shape index (κ2) is 7.24. The third-order valence-electron chi connectivity index (χ3n) is 5.46. The van der Waals surface area contributed by atoms with Crippen LogP contribution >= 0.6 is 0 Å². The van der Waals surface area contributed by atoms with E-state index in [-0.39, 0.29) is 17.1 Å².